The Balaban J connectivity index is 0.00000144. The largest absolute Gasteiger partial charge is 0.378 e. The number of amides is 1. The molecule has 24 heavy (non-hydrogen) atoms. The van der Waals surface area contributed by atoms with Crippen LogP contribution in [-0.4, -0.2) is 77.8 Å². The van der Waals surface area contributed by atoms with Crippen LogP contribution in [0, 0.1) is 6.92 Å². The van der Waals surface area contributed by atoms with Crippen molar-refractivity contribution in [2.45, 2.75) is 25.9 Å². The third kappa shape index (κ3) is 5.86. The zero-order valence-corrected chi connectivity index (χ0v) is 15.4. The van der Waals surface area contributed by atoms with Gasteiger partial charge in [0, 0.05) is 45.2 Å². The number of aromatic nitrogens is 2. The van der Waals surface area contributed by atoms with Gasteiger partial charge in [0.2, 0.25) is 11.8 Å². The average molecular weight is 382 g/mol. The van der Waals surface area contributed by atoms with Crippen LogP contribution in [0.15, 0.2) is 4.52 Å². The van der Waals surface area contributed by atoms with E-state index in [1.165, 1.54) is 0 Å². The smallest absolute Gasteiger partial charge is 0.240 e. The highest BCUT2D eigenvalue weighted by molar-refractivity contribution is 5.85. The van der Waals surface area contributed by atoms with Crippen LogP contribution < -0.4 is 5.32 Å². The van der Waals surface area contributed by atoms with Crippen LogP contribution in [0.25, 0.3) is 0 Å². The first-order valence-electron chi connectivity index (χ1n) is 7.81. The second-order valence-corrected chi connectivity index (χ2v) is 5.82. The van der Waals surface area contributed by atoms with E-state index >= 15 is 0 Å². The van der Waals surface area contributed by atoms with Crippen molar-refractivity contribution in [1.82, 2.24) is 25.3 Å². The topological polar surface area (TPSA) is 83.7 Å². The molecule has 1 atom stereocenters. The van der Waals surface area contributed by atoms with Crippen molar-refractivity contribution in [3.8, 4) is 0 Å². The molecule has 0 radical (unpaired) electrons. The van der Waals surface area contributed by atoms with Crippen LogP contribution in [0.1, 0.15) is 18.1 Å². The molecule has 2 aliphatic heterocycles. The number of rotatable bonds is 4. The summed E-state index contributed by atoms with van der Waals surface area (Å²) in [6.45, 7) is 7.83. The Kier molecular flexibility index (Phi) is 8.93. The maximum Gasteiger partial charge on any atom is 0.240 e. The summed E-state index contributed by atoms with van der Waals surface area (Å²) >= 11 is 0. The van der Waals surface area contributed by atoms with Gasteiger partial charge in [-0.15, -0.1) is 24.8 Å². The zero-order valence-electron chi connectivity index (χ0n) is 13.8. The van der Waals surface area contributed by atoms with Gasteiger partial charge < -0.3 is 19.5 Å². The first kappa shape index (κ1) is 21.1. The number of nitrogens with zero attached hydrogens (tertiary/aromatic N) is 4. The number of halogens is 2. The van der Waals surface area contributed by atoms with Crippen LogP contribution in [0.5, 0.6) is 0 Å². The number of carbonyl (C=O) groups is 1. The fourth-order valence-corrected chi connectivity index (χ4v) is 2.84. The van der Waals surface area contributed by atoms with Gasteiger partial charge >= 0.3 is 0 Å². The van der Waals surface area contributed by atoms with Crippen molar-refractivity contribution in [3.63, 3.8) is 0 Å². The highest BCUT2D eigenvalue weighted by atomic mass is 35.5. The predicted octanol–water partition coefficient (Wildman–Crippen LogP) is 0.244. The van der Waals surface area contributed by atoms with Gasteiger partial charge in [0.25, 0.3) is 0 Å². The Hall–Kier alpha value is -0.930. The van der Waals surface area contributed by atoms with Crippen LogP contribution in [0.4, 0.5) is 0 Å². The van der Waals surface area contributed by atoms with E-state index in [0.717, 1.165) is 39.3 Å². The lowest BCUT2D eigenvalue weighted by Crippen LogP contribution is -2.51. The minimum Gasteiger partial charge on any atom is -0.378 e. The second-order valence-electron chi connectivity index (χ2n) is 5.82. The maximum atomic E-state index is 12.3. The van der Waals surface area contributed by atoms with E-state index in [4.69, 9.17) is 9.26 Å². The van der Waals surface area contributed by atoms with Crippen molar-refractivity contribution in [2.24, 2.45) is 0 Å². The highest BCUT2D eigenvalue weighted by Crippen LogP contribution is 2.10. The van der Waals surface area contributed by atoms with E-state index in [9.17, 15) is 4.79 Å². The van der Waals surface area contributed by atoms with Crippen molar-refractivity contribution in [2.75, 3.05) is 45.9 Å². The van der Waals surface area contributed by atoms with Crippen molar-refractivity contribution in [1.29, 1.82) is 0 Å². The number of morpholine rings is 1. The molecule has 10 heteroatoms. The fourth-order valence-electron chi connectivity index (χ4n) is 2.84. The quantitative estimate of drug-likeness (QED) is 0.799. The Bertz CT molecular complexity index is 502. The van der Waals surface area contributed by atoms with E-state index in [1.807, 2.05) is 11.8 Å². The lowest BCUT2D eigenvalue weighted by atomic mass is 10.1. The molecule has 2 saturated heterocycles. The Labute approximate surface area is 154 Å². The molecule has 0 aromatic carbocycles. The molecule has 8 nitrogen and oxygen atoms in total. The number of ether oxygens (including phenoxy) is 1. The van der Waals surface area contributed by atoms with Crippen LogP contribution >= 0.6 is 24.8 Å². The number of piperazine rings is 1. The molecule has 3 heterocycles. The summed E-state index contributed by atoms with van der Waals surface area (Å²) in [7, 11) is 0. The van der Waals surface area contributed by atoms with Gasteiger partial charge in [0.05, 0.1) is 19.8 Å². The minimum atomic E-state index is 0. The number of hydrogen-bond acceptors (Lipinski definition) is 7. The first-order chi connectivity index (χ1) is 10.7. The third-order valence-electron chi connectivity index (χ3n) is 4.07. The molecule has 1 amide bonds. The van der Waals surface area contributed by atoms with Gasteiger partial charge in [0.15, 0.2) is 5.82 Å². The van der Waals surface area contributed by atoms with Gasteiger partial charge in [-0.3, -0.25) is 9.69 Å². The fraction of sp³-hybridized carbons (Fsp3) is 0.786. The van der Waals surface area contributed by atoms with E-state index in [-0.39, 0.29) is 36.8 Å². The summed E-state index contributed by atoms with van der Waals surface area (Å²) in [5.41, 5.74) is 0. The molecule has 0 spiro atoms. The van der Waals surface area contributed by atoms with Crippen LogP contribution in [0.3, 0.4) is 0 Å². The van der Waals surface area contributed by atoms with Gasteiger partial charge in [-0.25, -0.2) is 0 Å². The maximum absolute atomic E-state index is 12.3. The van der Waals surface area contributed by atoms with Crippen molar-refractivity contribution < 1.29 is 14.1 Å². The van der Waals surface area contributed by atoms with Gasteiger partial charge in [-0.05, 0) is 6.92 Å². The Morgan fingerprint density at radius 3 is 2.62 bits per heavy atom. The first-order valence-corrected chi connectivity index (χ1v) is 7.81. The lowest BCUT2D eigenvalue weighted by molar-refractivity contribution is -0.134. The Morgan fingerprint density at radius 1 is 1.29 bits per heavy atom. The summed E-state index contributed by atoms with van der Waals surface area (Å²) in [6.07, 6.45) is 0.517. The third-order valence-corrected chi connectivity index (χ3v) is 4.07. The van der Waals surface area contributed by atoms with Gasteiger partial charge in [0.1, 0.15) is 0 Å². The molecular formula is C14H25Cl2N5O3. The monoisotopic (exact) mass is 381 g/mol. The minimum absolute atomic E-state index is 0. The normalized spacial score (nSPS) is 21.7. The second kappa shape index (κ2) is 10.1. The average Bonchev–Trinajstić information content (AvgIpc) is 2.94. The lowest BCUT2D eigenvalue weighted by Gasteiger charge is -2.35. The molecule has 0 saturated carbocycles. The van der Waals surface area contributed by atoms with Crippen molar-refractivity contribution in [3.05, 3.63) is 11.7 Å². The van der Waals surface area contributed by atoms with Gasteiger partial charge in [-0.1, -0.05) is 5.16 Å². The molecule has 1 unspecified atom stereocenters. The molecule has 1 N–H and O–H groups in total. The van der Waals surface area contributed by atoms with E-state index in [0.29, 0.717) is 31.3 Å². The van der Waals surface area contributed by atoms with E-state index < -0.39 is 0 Å². The number of aryl methyl sites for hydroxylation is 1. The van der Waals surface area contributed by atoms with E-state index in [2.05, 4.69) is 20.4 Å². The van der Waals surface area contributed by atoms with Gasteiger partial charge in [-0.2, -0.15) is 4.98 Å². The van der Waals surface area contributed by atoms with Crippen molar-refractivity contribution >= 4 is 30.7 Å². The molecule has 3 rings (SSSR count). The summed E-state index contributed by atoms with van der Waals surface area (Å²) in [5, 5.41) is 7.12. The summed E-state index contributed by atoms with van der Waals surface area (Å²) in [6, 6.07) is 0.153. The molecule has 2 fully saturated rings. The summed E-state index contributed by atoms with van der Waals surface area (Å²) < 4.78 is 10.5. The van der Waals surface area contributed by atoms with E-state index in [1.54, 1.807) is 0 Å². The molecular weight excluding hydrogens is 357 g/mol. The zero-order chi connectivity index (χ0) is 15.4. The number of hydrogen-bond donors (Lipinski definition) is 1. The molecule has 138 valence electrons. The Morgan fingerprint density at radius 2 is 2.04 bits per heavy atom. The molecule has 0 bridgehead atoms. The molecule has 0 aliphatic carbocycles. The molecule has 1 aromatic rings. The SMILES string of the molecule is Cc1noc(CN2CCN(C(=O)CC3COCCN3)CC2)n1.Cl.Cl. The molecule has 2 aliphatic rings. The molecule has 1 aromatic heterocycles. The summed E-state index contributed by atoms with van der Waals surface area (Å²) in [5.74, 6) is 1.50. The summed E-state index contributed by atoms with van der Waals surface area (Å²) in [4.78, 5) is 20.7. The number of nitrogens with one attached hydrogen (secondary N) is 1. The highest BCUT2D eigenvalue weighted by Gasteiger charge is 2.25. The van der Waals surface area contributed by atoms with Crippen LogP contribution in [0.2, 0.25) is 0 Å². The van der Waals surface area contributed by atoms with Crippen LogP contribution in [-0.2, 0) is 16.1 Å². The standard InChI is InChI=1S/C14H23N5O3.2ClH/c1-11-16-13(22-17-11)9-18-3-5-19(6-4-18)14(20)8-12-10-21-7-2-15-12;;/h12,15H,2-10H2,1H3;2*1H. The predicted molar refractivity (Wildman–Crippen MR) is 92.6 cm³/mol. The number of carbonyl (C=O) groups excluding carboxylic acids is 1.